The molecule has 0 spiro atoms. The van der Waals surface area contributed by atoms with Crippen LogP contribution in [0.1, 0.15) is 27.0 Å². The molecule has 4 rings (SSSR count). The van der Waals surface area contributed by atoms with Crippen LogP contribution in [0.15, 0.2) is 78.4 Å². The van der Waals surface area contributed by atoms with Crippen molar-refractivity contribution in [2.24, 2.45) is 0 Å². The first-order chi connectivity index (χ1) is 15.7. The maximum Gasteiger partial charge on any atom is 0.337 e. The summed E-state index contributed by atoms with van der Waals surface area (Å²) >= 11 is 6.16. The number of non-ortho nitro benzene ring substituents is 1. The topological polar surface area (TPSA) is 101 Å². The molecule has 33 heavy (non-hydrogen) atoms. The Kier molecular flexibility index (Phi) is 5.81. The van der Waals surface area contributed by atoms with Gasteiger partial charge in [0.15, 0.2) is 0 Å². The third-order valence-electron chi connectivity index (χ3n) is 5.20. The Bertz CT molecular complexity index is 1340. The number of carbonyl (C=O) groups excluding carboxylic acids is 1. The Hall–Kier alpha value is -4.23. The summed E-state index contributed by atoms with van der Waals surface area (Å²) in [5.41, 5.74) is 3.78. The molecule has 0 radical (unpaired) electrons. The minimum Gasteiger partial charge on any atom is -0.478 e. The molecule has 0 atom stereocenters. The van der Waals surface area contributed by atoms with Gasteiger partial charge in [-0.2, -0.15) is 0 Å². The van der Waals surface area contributed by atoms with Crippen LogP contribution in [0, 0.1) is 17.0 Å². The third-order valence-corrected chi connectivity index (χ3v) is 5.51. The standard InChI is InChI=1S/C25H17ClN2O5/c1-15-2-6-17(7-3-15)23-13-18(12-16-4-8-19(9-5-16)28(32)33)24(29)27(23)20-10-11-21(25(30)31)22(26)14-20/h2-14H,1H3,(H,30,31)/b18-12+. The number of nitrogens with zero attached hydrogens (tertiary/aromatic N) is 2. The number of nitro groups is 1. The van der Waals surface area contributed by atoms with E-state index in [4.69, 9.17) is 11.6 Å². The van der Waals surface area contributed by atoms with E-state index in [0.717, 1.165) is 11.1 Å². The van der Waals surface area contributed by atoms with Gasteiger partial charge < -0.3 is 5.11 Å². The second-order valence-electron chi connectivity index (χ2n) is 7.45. The van der Waals surface area contributed by atoms with Gasteiger partial charge >= 0.3 is 5.97 Å². The molecule has 8 heteroatoms. The van der Waals surface area contributed by atoms with Gasteiger partial charge in [-0.1, -0.05) is 41.4 Å². The molecule has 1 heterocycles. The largest absolute Gasteiger partial charge is 0.478 e. The van der Waals surface area contributed by atoms with Gasteiger partial charge in [-0.25, -0.2) is 4.79 Å². The summed E-state index contributed by atoms with van der Waals surface area (Å²) in [5, 5.41) is 20.2. The predicted octanol–water partition coefficient (Wildman–Crippen LogP) is 5.73. The average Bonchev–Trinajstić information content (AvgIpc) is 3.10. The van der Waals surface area contributed by atoms with Crippen LogP contribution >= 0.6 is 11.6 Å². The molecule has 0 fully saturated rings. The van der Waals surface area contributed by atoms with Crippen LogP contribution in [0.2, 0.25) is 5.02 Å². The summed E-state index contributed by atoms with van der Waals surface area (Å²) < 4.78 is 0. The Morgan fingerprint density at radius 2 is 1.73 bits per heavy atom. The summed E-state index contributed by atoms with van der Waals surface area (Å²) in [6.07, 6.45) is 3.38. The molecule has 0 saturated heterocycles. The number of aromatic carboxylic acids is 1. The smallest absolute Gasteiger partial charge is 0.337 e. The van der Waals surface area contributed by atoms with E-state index in [-0.39, 0.29) is 22.2 Å². The maximum atomic E-state index is 13.4. The van der Waals surface area contributed by atoms with Crippen molar-refractivity contribution in [3.05, 3.63) is 116 Å². The monoisotopic (exact) mass is 460 g/mol. The average molecular weight is 461 g/mol. The summed E-state index contributed by atoms with van der Waals surface area (Å²) in [6, 6.07) is 17.9. The zero-order valence-corrected chi connectivity index (χ0v) is 18.1. The number of nitro benzene ring substituents is 1. The van der Waals surface area contributed by atoms with Crippen LogP contribution in [-0.4, -0.2) is 21.9 Å². The zero-order valence-electron chi connectivity index (χ0n) is 17.4. The SMILES string of the molecule is Cc1ccc(C2=C/C(=C\c3ccc([N+](=O)[O-])cc3)C(=O)N2c2ccc(C(=O)O)c(Cl)c2)cc1. The van der Waals surface area contributed by atoms with Crippen LogP contribution in [0.4, 0.5) is 11.4 Å². The Balaban J connectivity index is 1.80. The highest BCUT2D eigenvalue weighted by Crippen LogP contribution is 2.37. The molecule has 0 aromatic heterocycles. The van der Waals surface area contributed by atoms with E-state index in [1.165, 1.54) is 35.2 Å². The number of halogens is 1. The number of carboxylic acid groups (broad SMARTS) is 1. The molecule has 3 aromatic carbocycles. The van der Waals surface area contributed by atoms with Gasteiger partial charge in [-0.05, 0) is 60.5 Å². The van der Waals surface area contributed by atoms with Crippen molar-refractivity contribution >= 4 is 46.6 Å². The van der Waals surface area contributed by atoms with Crippen molar-refractivity contribution in [1.29, 1.82) is 0 Å². The minimum absolute atomic E-state index is 0.0175. The van der Waals surface area contributed by atoms with Crippen LogP contribution in [0.3, 0.4) is 0 Å². The molecule has 0 saturated carbocycles. The van der Waals surface area contributed by atoms with Crippen molar-refractivity contribution in [3.8, 4) is 0 Å². The quantitative estimate of drug-likeness (QED) is 0.298. The van der Waals surface area contributed by atoms with E-state index in [2.05, 4.69) is 0 Å². The number of rotatable bonds is 5. The first-order valence-corrected chi connectivity index (χ1v) is 10.2. The Morgan fingerprint density at radius 1 is 1.06 bits per heavy atom. The maximum absolute atomic E-state index is 13.4. The van der Waals surface area contributed by atoms with E-state index >= 15 is 0 Å². The lowest BCUT2D eigenvalue weighted by atomic mass is 10.1. The van der Waals surface area contributed by atoms with E-state index in [9.17, 15) is 24.8 Å². The molecule has 0 aliphatic carbocycles. The summed E-state index contributed by atoms with van der Waals surface area (Å²) in [7, 11) is 0. The second kappa shape index (κ2) is 8.72. The van der Waals surface area contributed by atoms with Gasteiger partial charge in [0.1, 0.15) is 0 Å². The molecule has 1 aliphatic heterocycles. The number of aryl methyl sites for hydroxylation is 1. The fourth-order valence-electron chi connectivity index (χ4n) is 3.50. The van der Waals surface area contributed by atoms with E-state index in [1.807, 2.05) is 31.2 Å². The summed E-state index contributed by atoms with van der Waals surface area (Å²) in [6.45, 7) is 1.96. The molecule has 1 N–H and O–H groups in total. The van der Waals surface area contributed by atoms with Crippen molar-refractivity contribution in [2.45, 2.75) is 6.92 Å². The van der Waals surface area contributed by atoms with Gasteiger partial charge in [-0.15, -0.1) is 0 Å². The Morgan fingerprint density at radius 3 is 2.30 bits per heavy atom. The van der Waals surface area contributed by atoms with E-state index < -0.39 is 10.9 Å². The van der Waals surface area contributed by atoms with Gasteiger partial charge in [0.2, 0.25) is 0 Å². The number of carbonyl (C=O) groups is 2. The molecule has 0 bridgehead atoms. The number of hydrogen-bond acceptors (Lipinski definition) is 4. The highest BCUT2D eigenvalue weighted by atomic mass is 35.5. The van der Waals surface area contributed by atoms with E-state index in [0.29, 0.717) is 22.5 Å². The number of amides is 1. The predicted molar refractivity (Wildman–Crippen MR) is 126 cm³/mol. The van der Waals surface area contributed by atoms with E-state index in [1.54, 1.807) is 24.3 Å². The molecular formula is C25H17ClN2O5. The van der Waals surface area contributed by atoms with Crippen molar-refractivity contribution in [1.82, 2.24) is 0 Å². The van der Waals surface area contributed by atoms with Gasteiger partial charge in [0.25, 0.3) is 11.6 Å². The lowest BCUT2D eigenvalue weighted by molar-refractivity contribution is -0.384. The van der Waals surface area contributed by atoms with Gasteiger partial charge in [0, 0.05) is 17.7 Å². The third kappa shape index (κ3) is 4.40. The first-order valence-electron chi connectivity index (χ1n) is 9.87. The van der Waals surface area contributed by atoms with Crippen molar-refractivity contribution in [2.75, 3.05) is 4.90 Å². The number of carboxylic acids is 1. The first kappa shape index (κ1) is 22.0. The molecular weight excluding hydrogens is 444 g/mol. The molecule has 164 valence electrons. The normalized spacial score (nSPS) is 14.5. The summed E-state index contributed by atoms with van der Waals surface area (Å²) in [4.78, 5) is 36.6. The lowest BCUT2D eigenvalue weighted by Gasteiger charge is -2.21. The van der Waals surface area contributed by atoms with Gasteiger partial charge in [0.05, 0.1) is 26.9 Å². The van der Waals surface area contributed by atoms with Crippen molar-refractivity contribution < 1.29 is 19.6 Å². The number of anilines is 1. The number of benzene rings is 3. The van der Waals surface area contributed by atoms with Crippen LogP contribution in [0.5, 0.6) is 0 Å². The fraction of sp³-hybridized carbons (Fsp3) is 0.0400. The summed E-state index contributed by atoms with van der Waals surface area (Å²) in [5.74, 6) is -1.49. The second-order valence-corrected chi connectivity index (χ2v) is 7.86. The zero-order chi connectivity index (χ0) is 23.7. The van der Waals surface area contributed by atoms with Crippen LogP contribution in [0.25, 0.3) is 11.8 Å². The van der Waals surface area contributed by atoms with Gasteiger partial charge in [-0.3, -0.25) is 19.8 Å². The number of hydrogen-bond donors (Lipinski definition) is 1. The molecule has 1 amide bonds. The molecule has 7 nitrogen and oxygen atoms in total. The van der Waals surface area contributed by atoms with Crippen LogP contribution < -0.4 is 4.90 Å². The van der Waals surface area contributed by atoms with Crippen molar-refractivity contribution in [3.63, 3.8) is 0 Å². The Labute approximate surface area is 194 Å². The molecule has 0 unspecified atom stereocenters. The highest BCUT2D eigenvalue weighted by Gasteiger charge is 2.31. The minimum atomic E-state index is -1.16. The fourth-order valence-corrected chi connectivity index (χ4v) is 3.75. The molecule has 3 aromatic rings. The van der Waals surface area contributed by atoms with Crippen LogP contribution in [-0.2, 0) is 4.79 Å². The highest BCUT2D eigenvalue weighted by molar-refractivity contribution is 6.34. The molecule has 1 aliphatic rings. The lowest BCUT2D eigenvalue weighted by Crippen LogP contribution is -2.25.